The highest BCUT2D eigenvalue weighted by molar-refractivity contribution is 5.54. The van der Waals surface area contributed by atoms with Crippen LogP contribution < -0.4 is 10.6 Å². The first-order valence-corrected chi connectivity index (χ1v) is 6.70. The van der Waals surface area contributed by atoms with E-state index >= 15 is 0 Å². The van der Waals surface area contributed by atoms with Gasteiger partial charge in [0.2, 0.25) is 5.82 Å². The van der Waals surface area contributed by atoms with Gasteiger partial charge in [-0.15, -0.1) is 0 Å². The highest BCUT2D eigenvalue weighted by Gasteiger charge is 2.12. The second-order valence-corrected chi connectivity index (χ2v) is 4.45. The third-order valence-electron chi connectivity index (χ3n) is 2.86. The number of nitrogens with one attached hydrogen (secondary N) is 2. The van der Waals surface area contributed by atoms with E-state index in [1.54, 1.807) is 12.3 Å². The van der Waals surface area contributed by atoms with Crippen molar-refractivity contribution in [3.63, 3.8) is 0 Å². The monoisotopic (exact) mass is 287 g/mol. The zero-order chi connectivity index (χ0) is 14.9. The van der Waals surface area contributed by atoms with Crippen LogP contribution in [0.1, 0.15) is 12.0 Å². The van der Waals surface area contributed by atoms with Crippen LogP contribution in [-0.2, 0) is 6.54 Å². The second-order valence-electron chi connectivity index (χ2n) is 4.45. The lowest BCUT2D eigenvalue weighted by Crippen LogP contribution is -2.18. The molecule has 0 radical (unpaired) electrons. The zero-order valence-electron chi connectivity index (χ0n) is 11.5. The summed E-state index contributed by atoms with van der Waals surface area (Å²) in [4.78, 5) is 18.4. The summed E-state index contributed by atoms with van der Waals surface area (Å²) in [5.74, 6) is 0.315. The molecule has 0 atom stereocenters. The third kappa shape index (κ3) is 4.81. The van der Waals surface area contributed by atoms with Crippen molar-refractivity contribution in [3.05, 3.63) is 58.5 Å². The van der Waals surface area contributed by atoms with Gasteiger partial charge in [0.1, 0.15) is 0 Å². The van der Waals surface area contributed by atoms with Crippen molar-refractivity contribution < 1.29 is 4.92 Å². The van der Waals surface area contributed by atoms with Crippen LogP contribution in [-0.4, -0.2) is 28.0 Å². The Morgan fingerprint density at radius 1 is 1.19 bits per heavy atom. The molecule has 0 spiro atoms. The molecule has 2 aromatic rings. The van der Waals surface area contributed by atoms with E-state index < -0.39 is 4.92 Å². The van der Waals surface area contributed by atoms with Crippen LogP contribution in [0.4, 0.5) is 11.5 Å². The Labute approximate surface area is 122 Å². The van der Waals surface area contributed by atoms with Gasteiger partial charge in [-0.1, -0.05) is 6.07 Å². The van der Waals surface area contributed by atoms with Crippen molar-refractivity contribution in [2.45, 2.75) is 13.0 Å². The number of nitrogens with zero attached hydrogens (tertiary/aromatic N) is 3. The molecule has 2 aromatic heterocycles. The fourth-order valence-electron chi connectivity index (χ4n) is 1.84. The summed E-state index contributed by atoms with van der Waals surface area (Å²) in [5, 5.41) is 17.1. The fraction of sp³-hybridized carbons (Fsp3) is 0.286. The highest BCUT2D eigenvalue weighted by atomic mass is 16.6. The van der Waals surface area contributed by atoms with Gasteiger partial charge in [0.25, 0.3) is 0 Å². The minimum Gasteiger partial charge on any atom is -0.364 e. The summed E-state index contributed by atoms with van der Waals surface area (Å²) in [6.07, 6.45) is 5.94. The largest absolute Gasteiger partial charge is 0.364 e. The van der Waals surface area contributed by atoms with Crippen molar-refractivity contribution in [3.8, 4) is 0 Å². The van der Waals surface area contributed by atoms with E-state index in [0.717, 1.165) is 25.1 Å². The first-order chi connectivity index (χ1) is 10.3. The van der Waals surface area contributed by atoms with E-state index in [-0.39, 0.29) is 5.69 Å². The zero-order valence-corrected chi connectivity index (χ0v) is 11.5. The maximum atomic E-state index is 10.8. The number of anilines is 1. The van der Waals surface area contributed by atoms with Crippen LogP contribution in [0.5, 0.6) is 0 Å². The van der Waals surface area contributed by atoms with Gasteiger partial charge in [0.15, 0.2) is 0 Å². The average Bonchev–Trinajstić information content (AvgIpc) is 2.52. The van der Waals surface area contributed by atoms with E-state index in [9.17, 15) is 10.1 Å². The van der Waals surface area contributed by atoms with Crippen molar-refractivity contribution in [2.24, 2.45) is 0 Å². The third-order valence-corrected chi connectivity index (χ3v) is 2.86. The summed E-state index contributed by atoms with van der Waals surface area (Å²) in [5.41, 5.74) is 1.13. The molecule has 0 unspecified atom stereocenters. The predicted octanol–water partition coefficient (Wildman–Crippen LogP) is 1.98. The van der Waals surface area contributed by atoms with Crippen LogP contribution in [0.15, 0.2) is 42.9 Å². The summed E-state index contributed by atoms with van der Waals surface area (Å²) in [7, 11) is 0. The number of hydrogen-bond acceptors (Lipinski definition) is 6. The summed E-state index contributed by atoms with van der Waals surface area (Å²) in [6.45, 7) is 2.19. The minimum atomic E-state index is -0.435. The molecule has 2 rings (SSSR count). The maximum Gasteiger partial charge on any atom is 0.311 e. The molecule has 7 nitrogen and oxygen atoms in total. The lowest BCUT2D eigenvalue weighted by Gasteiger charge is -2.07. The molecular weight excluding hydrogens is 270 g/mol. The van der Waals surface area contributed by atoms with Gasteiger partial charge in [0.05, 0.1) is 4.92 Å². The molecule has 0 fully saturated rings. The molecule has 21 heavy (non-hydrogen) atoms. The van der Waals surface area contributed by atoms with E-state index in [1.807, 2.05) is 18.3 Å². The maximum absolute atomic E-state index is 10.8. The molecular formula is C14H17N5O2. The molecule has 110 valence electrons. The van der Waals surface area contributed by atoms with Gasteiger partial charge in [-0.25, -0.2) is 4.98 Å². The molecule has 0 bridgehead atoms. The second kappa shape index (κ2) is 7.91. The van der Waals surface area contributed by atoms with E-state index in [2.05, 4.69) is 20.6 Å². The molecule has 0 aromatic carbocycles. The molecule has 0 saturated carbocycles. The number of hydrogen-bond donors (Lipinski definition) is 2. The first kappa shape index (κ1) is 14.9. The minimum absolute atomic E-state index is 0.000758. The SMILES string of the molecule is O=[N+]([O-])c1cccnc1NCCCNCc1cccnc1. The Morgan fingerprint density at radius 2 is 2.05 bits per heavy atom. The van der Waals surface area contributed by atoms with Gasteiger partial charge in [-0.2, -0.15) is 0 Å². The Bertz CT molecular complexity index is 577. The van der Waals surface area contributed by atoms with Crippen LogP contribution >= 0.6 is 0 Å². The van der Waals surface area contributed by atoms with Gasteiger partial charge in [0, 0.05) is 37.7 Å². The number of rotatable bonds is 8. The number of aromatic nitrogens is 2. The summed E-state index contributed by atoms with van der Waals surface area (Å²) < 4.78 is 0. The lowest BCUT2D eigenvalue weighted by atomic mass is 10.3. The molecule has 0 aliphatic heterocycles. The van der Waals surface area contributed by atoms with Gasteiger partial charge < -0.3 is 10.6 Å². The number of nitro groups is 1. The molecule has 0 aliphatic carbocycles. The lowest BCUT2D eigenvalue weighted by molar-refractivity contribution is -0.384. The molecule has 0 aliphatic rings. The van der Waals surface area contributed by atoms with E-state index in [1.165, 1.54) is 12.3 Å². The normalized spacial score (nSPS) is 10.3. The fourth-order valence-corrected chi connectivity index (χ4v) is 1.84. The van der Waals surface area contributed by atoms with Crippen molar-refractivity contribution >= 4 is 11.5 Å². The quantitative estimate of drug-likeness (QED) is 0.438. The van der Waals surface area contributed by atoms with E-state index in [4.69, 9.17) is 0 Å². The Morgan fingerprint density at radius 3 is 2.81 bits per heavy atom. The first-order valence-electron chi connectivity index (χ1n) is 6.70. The van der Waals surface area contributed by atoms with Gasteiger partial charge >= 0.3 is 5.69 Å². The number of pyridine rings is 2. The van der Waals surface area contributed by atoms with Crippen LogP contribution in [0.25, 0.3) is 0 Å². The van der Waals surface area contributed by atoms with E-state index in [0.29, 0.717) is 12.4 Å². The van der Waals surface area contributed by atoms with Gasteiger partial charge in [-0.05, 0) is 30.7 Å². The molecule has 2 heterocycles. The van der Waals surface area contributed by atoms with Crippen molar-refractivity contribution in [1.29, 1.82) is 0 Å². The molecule has 0 saturated heterocycles. The topological polar surface area (TPSA) is 93.0 Å². The average molecular weight is 287 g/mol. The molecule has 0 amide bonds. The van der Waals surface area contributed by atoms with Gasteiger partial charge in [-0.3, -0.25) is 15.1 Å². The highest BCUT2D eigenvalue weighted by Crippen LogP contribution is 2.19. The van der Waals surface area contributed by atoms with Crippen molar-refractivity contribution in [2.75, 3.05) is 18.4 Å². The Hall–Kier alpha value is -2.54. The standard InChI is InChI=1S/C14H17N5O2/c20-19(21)13-5-2-8-17-14(13)18-9-3-7-16-11-12-4-1-6-15-10-12/h1-2,4-6,8,10,16H,3,7,9,11H2,(H,17,18). The van der Waals surface area contributed by atoms with Crippen LogP contribution in [0.3, 0.4) is 0 Å². The molecule has 2 N–H and O–H groups in total. The molecule has 7 heteroatoms. The summed E-state index contributed by atoms with van der Waals surface area (Å²) >= 11 is 0. The Kier molecular flexibility index (Phi) is 5.60. The smallest absolute Gasteiger partial charge is 0.311 e. The van der Waals surface area contributed by atoms with Crippen molar-refractivity contribution in [1.82, 2.24) is 15.3 Å². The predicted molar refractivity (Wildman–Crippen MR) is 79.9 cm³/mol. The Balaban J connectivity index is 1.67. The van der Waals surface area contributed by atoms with Crippen LogP contribution in [0.2, 0.25) is 0 Å². The van der Waals surface area contributed by atoms with Crippen LogP contribution in [0, 0.1) is 10.1 Å². The summed E-state index contributed by atoms with van der Waals surface area (Å²) in [6, 6.07) is 6.91.